The molecule has 1 N–H and O–H groups in total. The zero-order valence-corrected chi connectivity index (χ0v) is 17.4. The minimum Gasteiger partial charge on any atom is -0.363 e. The molecule has 4 rings (SSSR count). The number of anilines is 1. The smallest absolute Gasteiger partial charge is 0.363 e. The molecule has 0 amide bonds. The summed E-state index contributed by atoms with van der Waals surface area (Å²) in [6.45, 7) is 3.58. The predicted molar refractivity (Wildman–Crippen MR) is 110 cm³/mol. The molecular formula is C20H17BrF3N5. The van der Waals surface area contributed by atoms with Crippen molar-refractivity contribution in [2.24, 2.45) is 7.05 Å². The molecule has 0 aliphatic rings. The Balaban J connectivity index is 1.80. The normalized spacial score (nSPS) is 13.2. The average Bonchev–Trinajstić information content (AvgIpc) is 3.05. The molecule has 0 aliphatic heterocycles. The number of aryl methyl sites for hydroxylation is 2. The van der Waals surface area contributed by atoms with Crippen LogP contribution in [0.2, 0.25) is 0 Å². The van der Waals surface area contributed by atoms with Crippen molar-refractivity contribution in [3.63, 3.8) is 0 Å². The molecule has 2 heterocycles. The van der Waals surface area contributed by atoms with Gasteiger partial charge < -0.3 is 5.32 Å². The van der Waals surface area contributed by atoms with Crippen LogP contribution in [-0.2, 0) is 13.2 Å². The molecule has 0 saturated carbocycles. The van der Waals surface area contributed by atoms with Gasteiger partial charge in [-0.15, -0.1) is 0 Å². The summed E-state index contributed by atoms with van der Waals surface area (Å²) >= 11 is 3.57. The summed E-state index contributed by atoms with van der Waals surface area (Å²) in [6.07, 6.45) is -2.64. The van der Waals surface area contributed by atoms with Crippen LogP contribution in [0, 0.1) is 6.92 Å². The van der Waals surface area contributed by atoms with Crippen molar-refractivity contribution in [3.05, 3.63) is 58.0 Å². The molecule has 150 valence electrons. The number of benzene rings is 2. The first kappa shape index (κ1) is 19.6. The summed E-state index contributed by atoms with van der Waals surface area (Å²) < 4.78 is 41.8. The van der Waals surface area contributed by atoms with Gasteiger partial charge >= 0.3 is 6.18 Å². The average molecular weight is 464 g/mol. The van der Waals surface area contributed by atoms with Crippen molar-refractivity contribution < 1.29 is 13.2 Å². The van der Waals surface area contributed by atoms with Crippen LogP contribution >= 0.6 is 15.9 Å². The number of nitrogens with zero attached hydrogens (tertiary/aromatic N) is 4. The van der Waals surface area contributed by atoms with Gasteiger partial charge in [0.1, 0.15) is 11.6 Å². The van der Waals surface area contributed by atoms with Crippen LogP contribution in [0.5, 0.6) is 0 Å². The van der Waals surface area contributed by atoms with Gasteiger partial charge in [-0.05, 0) is 53.5 Å². The topological polar surface area (TPSA) is 55.6 Å². The Morgan fingerprint density at radius 2 is 1.90 bits per heavy atom. The fourth-order valence-electron chi connectivity index (χ4n) is 3.40. The van der Waals surface area contributed by atoms with E-state index in [2.05, 4.69) is 36.3 Å². The first-order chi connectivity index (χ1) is 13.6. The lowest BCUT2D eigenvalue weighted by Gasteiger charge is -2.18. The van der Waals surface area contributed by atoms with Gasteiger partial charge in [0.2, 0.25) is 0 Å². The standard InChI is InChI=1S/C20H17BrF3N5/c1-10(12-5-4-6-13(7-12)20(22,23)24)26-19-14-8-16(21)18-15(9-25-29(18)3)17(14)27-11(2)28-19/h4-10H,1-3H3,(H,26,27,28). The highest BCUT2D eigenvalue weighted by Gasteiger charge is 2.30. The van der Waals surface area contributed by atoms with Crippen molar-refractivity contribution in [2.45, 2.75) is 26.1 Å². The fraction of sp³-hybridized carbons (Fsp3) is 0.250. The molecule has 0 radical (unpaired) electrons. The molecule has 1 atom stereocenters. The molecule has 4 aromatic rings. The molecule has 2 aromatic heterocycles. The Morgan fingerprint density at radius 3 is 2.62 bits per heavy atom. The number of rotatable bonds is 3. The second-order valence-electron chi connectivity index (χ2n) is 6.89. The van der Waals surface area contributed by atoms with Crippen molar-refractivity contribution in [1.29, 1.82) is 0 Å². The lowest BCUT2D eigenvalue weighted by Crippen LogP contribution is -2.12. The van der Waals surface area contributed by atoms with E-state index in [9.17, 15) is 13.2 Å². The summed E-state index contributed by atoms with van der Waals surface area (Å²) in [5.74, 6) is 1.12. The predicted octanol–water partition coefficient (Wildman–Crippen LogP) is 5.78. The summed E-state index contributed by atoms with van der Waals surface area (Å²) in [5, 5.41) is 9.20. The number of hydrogen-bond donors (Lipinski definition) is 1. The summed E-state index contributed by atoms with van der Waals surface area (Å²) in [5.41, 5.74) is 1.49. The maximum atomic E-state index is 13.1. The molecule has 5 nitrogen and oxygen atoms in total. The van der Waals surface area contributed by atoms with Crippen molar-refractivity contribution in [2.75, 3.05) is 5.32 Å². The number of halogens is 4. The maximum absolute atomic E-state index is 13.1. The highest BCUT2D eigenvalue weighted by atomic mass is 79.9. The zero-order valence-electron chi connectivity index (χ0n) is 15.8. The van der Waals surface area contributed by atoms with Crippen LogP contribution < -0.4 is 5.32 Å². The van der Waals surface area contributed by atoms with E-state index in [1.165, 1.54) is 6.07 Å². The number of aromatic nitrogens is 4. The van der Waals surface area contributed by atoms with Gasteiger partial charge in [-0.3, -0.25) is 4.68 Å². The second kappa shape index (κ2) is 6.98. The first-order valence-corrected chi connectivity index (χ1v) is 9.66. The van der Waals surface area contributed by atoms with Crippen molar-refractivity contribution in [1.82, 2.24) is 19.7 Å². The molecule has 29 heavy (non-hydrogen) atoms. The number of fused-ring (bicyclic) bond motifs is 3. The molecule has 0 fully saturated rings. The van der Waals surface area contributed by atoms with E-state index in [1.54, 1.807) is 30.8 Å². The Morgan fingerprint density at radius 1 is 1.14 bits per heavy atom. The van der Waals surface area contributed by atoms with E-state index in [4.69, 9.17) is 0 Å². The van der Waals surface area contributed by atoms with Gasteiger partial charge in [0.05, 0.1) is 22.8 Å². The second-order valence-corrected chi connectivity index (χ2v) is 7.75. The largest absolute Gasteiger partial charge is 0.416 e. The summed E-state index contributed by atoms with van der Waals surface area (Å²) in [6, 6.07) is 6.81. The SMILES string of the molecule is Cc1nc(NC(C)c2cccc(C(F)(F)F)c2)c2cc(Br)c3c(cnn3C)c2n1. The van der Waals surface area contributed by atoms with Gasteiger partial charge in [0.15, 0.2) is 0 Å². The minimum absolute atomic E-state index is 0.391. The van der Waals surface area contributed by atoms with Gasteiger partial charge in [-0.1, -0.05) is 12.1 Å². The highest BCUT2D eigenvalue weighted by Crippen LogP contribution is 2.35. The van der Waals surface area contributed by atoms with E-state index in [1.807, 2.05) is 13.1 Å². The van der Waals surface area contributed by atoms with Gasteiger partial charge in [0.25, 0.3) is 0 Å². The molecule has 9 heteroatoms. The lowest BCUT2D eigenvalue weighted by atomic mass is 10.0. The summed E-state index contributed by atoms with van der Waals surface area (Å²) in [4.78, 5) is 9.07. The summed E-state index contributed by atoms with van der Waals surface area (Å²) in [7, 11) is 1.85. The quantitative estimate of drug-likeness (QED) is 0.418. The Hall–Kier alpha value is -2.68. The molecular weight excluding hydrogens is 447 g/mol. The molecule has 0 bridgehead atoms. The molecule has 0 aliphatic carbocycles. The van der Waals surface area contributed by atoms with E-state index in [0.717, 1.165) is 38.4 Å². The third kappa shape index (κ3) is 3.55. The fourth-order valence-corrected chi connectivity index (χ4v) is 4.09. The Labute approximate surface area is 173 Å². The maximum Gasteiger partial charge on any atom is 0.416 e. The zero-order chi connectivity index (χ0) is 20.9. The third-order valence-electron chi connectivity index (χ3n) is 4.82. The number of hydrogen-bond acceptors (Lipinski definition) is 4. The van der Waals surface area contributed by atoms with Gasteiger partial charge in [-0.25, -0.2) is 9.97 Å². The Kier molecular flexibility index (Phi) is 4.72. The molecule has 2 aromatic carbocycles. The minimum atomic E-state index is -4.38. The van der Waals surface area contributed by atoms with Crippen LogP contribution in [0.1, 0.15) is 29.9 Å². The van der Waals surface area contributed by atoms with Crippen LogP contribution in [0.3, 0.4) is 0 Å². The van der Waals surface area contributed by atoms with E-state index in [-0.39, 0.29) is 0 Å². The molecule has 0 saturated heterocycles. The van der Waals surface area contributed by atoms with Crippen molar-refractivity contribution in [3.8, 4) is 0 Å². The lowest BCUT2D eigenvalue weighted by molar-refractivity contribution is -0.137. The van der Waals surface area contributed by atoms with E-state index in [0.29, 0.717) is 17.2 Å². The number of nitrogens with one attached hydrogen (secondary N) is 1. The molecule has 0 spiro atoms. The van der Waals surface area contributed by atoms with E-state index < -0.39 is 17.8 Å². The van der Waals surface area contributed by atoms with Crippen LogP contribution in [0.4, 0.5) is 19.0 Å². The van der Waals surface area contributed by atoms with E-state index >= 15 is 0 Å². The molecule has 1 unspecified atom stereocenters. The van der Waals surface area contributed by atoms with Crippen LogP contribution in [0.25, 0.3) is 21.8 Å². The van der Waals surface area contributed by atoms with Gasteiger partial charge in [-0.2, -0.15) is 18.3 Å². The third-order valence-corrected chi connectivity index (χ3v) is 5.42. The van der Waals surface area contributed by atoms with Crippen molar-refractivity contribution >= 4 is 43.6 Å². The number of alkyl halides is 3. The van der Waals surface area contributed by atoms with Gasteiger partial charge in [0, 0.05) is 28.3 Å². The highest BCUT2D eigenvalue weighted by molar-refractivity contribution is 9.10. The monoisotopic (exact) mass is 463 g/mol. The first-order valence-electron chi connectivity index (χ1n) is 8.87. The van der Waals surface area contributed by atoms with Crippen LogP contribution in [0.15, 0.2) is 41.0 Å². The Bertz CT molecular complexity index is 1230. The van der Waals surface area contributed by atoms with Crippen LogP contribution in [-0.4, -0.2) is 19.7 Å².